The summed E-state index contributed by atoms with van der Waals surface area (Å²) in [5, 5.41) is 0. The largest absolute Gasteiger partial charge is 0.355 e. The van der Waals surface area contributed by atoms with Crippen LogP contribution in [0.1, 0.15) is 18.4 Å². The van der Waals surface area contributed by atoms with Crippen molar-refractivity contribution in [2.75, 3.05) is 18.0 Å². The van der Waals surface area contributed by atoms with E-state index in [0.29, 0.717) is 6.54 Å². The molecule has 1 aromatic carbocycles. The van der Waals surface area contributed by atoms with Crippen LogP contribution >= 0.6 is 0 Å². The Kier molecular flexibility index (Phi) is 4.93. The van der Waals surface area contributed by atoms with Gasteiger partial charge in [-0.3, -0.25) is 0 Å². The van der Waals surface area contributed by atoms with Crippen molar-refractivity contribution in [1.82, 2.24) is 9.71 Å². The zero-order valence-corrected chi connectivity index (χ0v) is 13.7. The number of nitrogens with one attached hydrogen (secondary N) is 1. The SMILES string of the molecule is O=S(=O)(Cc1ccccc1)N[C@@H]1CCCN(c2ccccn2)C1. The van der Waals surface area contributed by atoms with Crippen molar-refractivity contribution in [3.05, 3.63) is 60.3 Å². The summed E-state index contributed by atoms with van der Waals surface area (Å²) in [5.41, 5.74) is 0.803. The summed E-state index contributed by atoms with van der Waals surface area (Å²) in [6.07, 6.45) is 3.57. The molecule has 1 aromatic heterocycles. The second kappa shape index (κ2) is 7.10. The van der Waals surface area contributed by atoms with Crippen molar-refractivity contribution < 1.29 is 8.42 Å². The summed E-state index contributed by atoms with van der Waals surface area (Å²) in [6.45, 7) is 1.57. The molecular formula is C17H21N3O2S. The minimum Gasteiger partial charge on any atom is -0.355 e. The molecule has 0 saturated carbocycles. The Morgan fingerprint density at radius 3 is 2.65 bits per heavy atom. The molecule has 1 N–H and O–H groups in total. The lowest BCUT2D eigenvalue weighted by molar-refractivity contribution is 0.464. The quantitative estimate of drug-likeness (QED) is 0.912. The van der Waals surface area contributed by atoms with E-state index in [-0.39, 0.29) is 11.8 Å². The van der Waals surface area contributed by atoms with Gasteiger partial charge in [0.25, 0.3) is 0 Å². The van der Waals surface area contributed by atoms with Crippen LogP contribution in [0.5, 0.6) is 0 Å². The molecule has 2 aromatic rings. The van der Waals surface area contributed by atoms with Crippen LogP contribution < -0.4 is 9.62 Å². The number of aromatic nitrogens is 1. The summed E-state index contributed by atoms with van der Waals surface area (Å²) in [6, 6.07) is 15.0. The van der Waals surface area contributed by atoms with Crippen LogP contribution in [-0.4, -0.2) is 32.5 Å². The molecule has 0 bridgehead atoms. The van der Waals surface area contributed by atoms with Gasteiger partial charge < -0.3 is 4.90 Å². The Morgan fingerprint density at radius 1 is 1.13 bits per heavy atom. The van der Waals surface area contributed by atoms with E-state index in [4.69, 9.17) is 0 Å². The lowest BCUT2D eigenvalue weighted by Gasteiger charge is -2.33. The Morgan fingerprint density at radius 2 is 1.91 bits per heavy atom. The van der Waals surface area contributed by atoms with Gasteiger partial charge in [-0.05, 0) is 30.5 Å². The third-order valence-electron chi connectivity index (χ3n) is 3.94. The number of pyridine rings is 1. The molecule has 5 nitrogen and oxygen atoms in total. The highest BCUT2D eigenvalue weighted by Crippen LogP contribution is 2.18. The van der Waals surface area contributed by atoms with Gasteiger partial charge in [-0.25, -0.2) is 18.1 Å². The van der Waals surface area contributed by atoms with Gasteiger partial charge in [-0.1, -0.05) is 36.4 Å². The molecule has 3 rings (SSSR count). The summed E-state index contributed by atoms with van der Waals surface area (Å²) < 4.78 is 27.6. The van der Waals surface area contributed by atoms with Crippen molar-refractivity contribution >= 4 is 15.8 Å². The zero-order chi connectivity index (χ0) is 16.1. The van der Waals surface area contributed by atoms with E-state index in [0.717, 1.165) is 30.8 Å². The molecule has 1 aliphatic heterocycles. The highest BCUT2D eigenvalue weighted by atomic mass is 32.2. The van der Waals surface area contributed by atoms with Crippen molar-refractivity contribution in [1.29, 1.82) is 0 Å². The Labute approximate surface area is 137 Å². The molecule has 23 heavy (non-hydrogen) atoms. The summed E-state index contributed by atoms with van der Waals surface area (Å²) in [7, 11) is -3.34. The number of sulfonamides is 1. The van der Waals surface area contributed by atoms with E-state index in [2.05, 4.69) is 14.6 Å². The molecule has 0 spiro atoms. The average molecular weight is 331 g/mol. The fourth-order valence-electron chi connectivity index (χ4n) is 2.91. The molecule has 0 aliphatic carbocycles. The summed E-state index contributed by atoms with van der Waals surface area (Å²) >= 11 is 0. The number of hydrogen-bond donors (Lipinski definition) is 1. The average Bonchev–Trinajstić information content (AvgIpc) is 2.56. The molecule has 0 unspecified atom stereocenters. The van der Waals surface area contributed by atoms with E-state index < -0.39 is 10.0 Å². The number of rotatable bonds is 5. The fraction of sp³-hybridized carbons (Fsp3) is 0.353. The lowest BCUT2D eigenvalue weighted by Crippen LogP contribution is -2.48. The molecule has 0 radical (unpaired) electrons. The molecule has 1 saturated heterocycles. The highest BCUT2D eigenvalue weighted by Gasteiger charge is 2.24. The van der Waals surface area contributed by atoms with E-state index >= 15 is 0 Å². The molecule has 2 heterocycles. The molecule has 0 amide bonds. The van der Waals surface area contributed by atoms with Crippen LogP contribution in [0.2, 0.25) is 0 Å². The van der Waals surface area contributed by atoms with Gasteiger partial charge in [0.05, 0.1) is 5.75 Å². The van der Waals surface area contributed by atoms with Crippen LogP contribution in [0.3, 0.4) is 0 Å². The van der Waals surface area contributed by atoms with Gasteiger partial charge in [0.1, 0.15) is 5.82 Å². The van der Waals surface area contributed by atoms with Gasteiger partial charge in [0.15, 0.2) is 0 Å². The molecule has 1 aliphatic rings. The first-order chi connectivity index (χ1) is 11.1. The van der Waals surface area contributed by atoms with Crippen molar-refractivity contribution in [3.8, 4) is 0 Å². The smallest absolute Gasteiger partial charge is 0.216 e. The zero-order valence-electron chi connectivity index (χ0n) is 12.9. The van der Waals surface area contributed by atoms with Crippen LogP contribution in [0, 0.1) is 0 Å². The third kappa shape index (κ3) is 4.53. The van der Waals surface area contributed by atoms with Gasteiger partial charge in [-0.2, -0.15) is 0 Å². The molecule has 1 atom stereocenters. The van der Waals surface area contributed by atoms with Crippen LogP contribution in [0.25, 0.3) is 0 Å². The monoisotopic (exact) mass is 331 g/mol. The predicted molar refractivity (Wildman–Crippen MR) is 91.7 cm³/mol. The Bertz CT molecular complexity index is 720. The second-order valence-corrected chi connectivity index (χ2v) is 7.59. The van der Waals surface area contributed by atoms with E-state index in [1.165, 1.54) is 0 Å². The maximum absolute atomic E-state index is 12.4. The minimum atomic E-state index is -3.34. The third-order valence-corrected chi connectivity index (χ3v) is 5.35. The van der Waals surface area contributed by atoms with Crippen molar-refractivity contribution in [2.45, 2.75) is 24.6 Å². The number of hydrogen-bond acceptors (Lipinski definition) is 4. The van der Waals surface area contributed by atoms with Gasteiger partial charge in [0.2, 0.25) is 10.0 Å². The first-order valence-corrected chi connectivity index (χ1v) is 9.47. The van der Waals surface area contributed by atoms with Crippen LogP contribution in [0.4, 0.5) is 5.82 Å². The second-order valence-electron chi connectivity index (χ2n) is 5.84. The van der Waals surface area contributed by atoms with Crippen molar-refractivity contribution in [3.63, 3.8) is 0 Å². The Hall–Kier alpha value is -1.92. The summed E-state index contributed by atoms with van der Waals surface area (Å²) in [4.78, 5) is 6.49. The summed E-state index contributed by atoms with van der Waals surface area (Å²) in [5.74, 6) is 0.924. The Balaban J connectivity index is 1.63. The topological polar surface area (TPSA) is 62.3 Å². The van der Waals surface area contributed by atoms with Crippen molar-refractivity contribution in [2.24, 2.45) is 0 Å². The standard InChI is InChI=1S/C17H21N3O2S/c21-23(22,14-15-7-2-1-3-8-15)19-16-9-6-12-20(13-16)17-10-4-5-11-18-17/h1-5,7-8,10-11,16,19H,6,9,12-14H2/t16-/m1/s1. The number of piperidine rings is 1. The molecule has 6 heteroatoms. The van der Waals surface area contributed by atoms with E-state index in [1.807, 2.05) is 48.5 Å². The van der Waals surface area contributed by atoms with Crippen LogP contribution in [-0.2, 0) is 15.8 Å². The molecule has 122 valence electrons. The first kappa shape index (κ1) is 16.0. The van der Waals surface area contributed by atoms with Crippen LogP contribution in [0.15, 0.2) is 54.7 Å². The lowest BCUT2D eigenvalue weighted by atomic mass is 10.1. The van der Waals surface area contributed by atoms with E-state index in [1.54, 1.807) is 6.20 Å². The molecule has 1 fully saturated rings. The minimum absolute atomic E-state index is 0.0218. The number of anilines is 1. The maximum atomic E-state index is 12.4. The number of benzene rings is 1. The first-order valence-electron chi connectivity index (χ1n) is 7.82. The maximum Gasteiger partial charge on any atom is 0.216 e. The van der Waals surface area contributed by atoms with Gasteiger partial charge in [0, 0.05) is 25.3 Å². The number of nitrogens with zero attached hydrogens (tertiary/aromatic N) is 2. The van der Waals surface area contributed by atoms with E-state index in [9.17, 15) is 8.42 Å². The normalized spacial score (nSPS) is 18.8. The highest BCUT2D eigenvalue weighted by molar-refractivity contribution is 7.88. The van der Waals surface area contributed by atoms with Gasteiger partial charge >= 0.3 is 0 Å². The predicted octanol–water partition coefficient (Wildman–Crippen LogP) is 2.17. The molecular weight excluding hydrogens is 310 g/mol. The fourth-order valence-corrected chi connectivity index (χ4v) is 4.33. The van der Waals surface area contributed by atoms with Gasteiger partial charge in [-0.15, -0.1) is 0 Å².